The minimum atomic E-state index is -4.17. The first-order valence-electron chi connectivity index (χ1n) is 6.97. The highest BCUT2D eigenvalue weighted by molar-refractivity contribution is 9.10. The summed E-state index contributed by atoms with van der Waals surface area (Å²) in [6, 6.07) is 4.80. The second-order valence-electron chi connectivity index (χ2n) is 5.31. The molecule has 1 heterocycles. The molecule has 0 spiro atoms. The lowest BCUT2D eigenvalue weighted by Gasteiger charge is -2.35. The fourth-order valence-electron chi connectivity index (χ4n) is 2.45. The molecule has 23 heavy (non-hydrogen) atoms. The number of halogens is 6. The fraction of sp³-hybridized carbons (Fsp3) is 0.571. The van der Waals surface area contributed by atoms with E-state index in [1.54, 1.807) is 12.1 Å². The van der Waals surface area contributed by atoms with Crippen LogP contribution in [0.5, 0.6) is 5.75 Å². The summed E-state index contributed by atoms with van der Waals surface area (Å²) in [6.45, 7) is -1.45. The van der Waals surface area contributed by atoms with Crippen LogP contribution >= 0.6 is 15.9 Å². The van der Waals surface area contributed by atoms with Crippen molar-refractivity contribution in [3.05, 3.63) is 28.2 Å². The molecule has 3 nitrogen and oxygen atoms in total. The van der Waals surface area contributed by atoms with Gasteiger partial charge in [0.25, 0.3) is 0 Å². The summed E-state index contributed by atoms with van der Waals surface area (Å²) in [5.41, 5.74) is 0.878. The summed E-state index contributed by atoms with van der Waals surface area (Å²) in [6.07, 6.45) is -4.17. The molecular weight excluding hydrogens is 387 g/mol. The molecule has 0 aliphatic carbocycles. The Labute approximate surface area is 139 Å². The van der Waals surface area contributed by atoms with Crippen molar-refractivity contribution in [2.45, 2.75) is 19.3 Å². The van der Waals surface area contributed by atoms with Gasteiger partial charge in [-0.2, -0.15) is 22.0 Å². The second kappa shape index (κ2) is 7.76. The van der Waals surface area contributed by atoms with E-state index in [1.165, 1.54) is 11.0 Å². The van der Waals surface area contributed by atoms with Gasteiger partial charge in [-0.3, -0.25) is 9.80 Å². The zero-order chi connectivity index (χ0) is 17.0. The molecule has 130 valence electrons. The third kappa shape index (κ3) is 6.23. The van der Waals surface area contributed by atoms with Crippen LogP contribution in [0, 0.1) is 0 Å². The molecule has 0 unspecified atom stereocenters. The number of rotatable bonds is 5. The minimum absolute atomic E-state index is 0.0544. The van der Waals surface area contributed by atoms with E-state index in [-0.39, 0.29) is 5.75 Å². The van der Waals surface area contributed by atoms with Gasteiger partial charge >= 0.3 is 12.8 Å². The minimum Gasteiger partial charge on any atom is -0.434 e. The number of hydrogen-bond acceptors (Lipinski definition) is 3. The lowest BCUT2D eigenvalue weighted by atomic mass is 10.2. The maximum absolute atomic E-state index is 12.3. The van der Waals surface area contributed by atoms with Gasteiger partial charge < -0.3 is 4.74 Å². The van der Waals surface area contributed by atoms with Gasteiger partial charge in [0.05, 0.1) is 11.0 Å². The highest BCUT2D eigenvalue weighted by Gasteiger charge is 2.32. The molecule has 1 aliphatic heterocycles. The molecule has 2 rings (SSSR count). The van der Waals surface area contributed by atoms with Crippen molar-refractivity contribution in [2.75, 3.05) is 32.7 Å². The summed E-state index contributed by atoms with van der Waals surface area (Å²) in [4.78, 5) is 3.41. The van der Waals surface area contributed by atoms with Crippen LogP contribution in [0.2, 0.25) is 0 Å². The largest absolute Gasteiger partial charge is 0.434 e. The molecule has 1 aromatic rings. The smallest absolute Gasteiger partial charge is 0.401 e. The van der Waals surface area contributed by atoms with Crippen LogP contribution in [-0.4, -0.2) is 55.3 Å². The highest BCUT2D eigenvalue weighted by Crippen LogP contribution is 2.28. The number of benzene rings is 1. The number of piperazine rings is 1. The Bertz CT molecular complexity index is 518. The van der Waals surface area contributed by atoms with Crippen molar-refractivity contribution in [1.29, 1.82) is 0 Å². The zero-order valence-corrected chi connectivity index (χ0v) is 13.7. The van der Waals surface area contributed by atoms with Gasteiger partial charge in [0.1, 0.15) is 5.75 Å². The van der Waals surface area contributed by atoms with Crippen LogP contribution in [0.15, 0.2) is 22.7 Å². The highest BCUT2D eigenvalue weighted by atomic mass is 79.9. The fourth-order valence-corrected chi connectivity index (χ4v) is 2.97. The number of alkyl halides is 5. The molecule has 9 heteroatoms. The van der Waals surface area contributed by atoms with Crippen molar-refractivity contribution < 1.29 is 26.7 Å². The van der Waals surface area contributed by atoms with Gasteiger partial charge in [0.2, 0.25) is 0 Å². The first-order valence-corrected chi connectivity index (χ1v) is 7.77. The molecule has 1 aromatic carbocycles. The van der Waals surface area contributed by atoms with E-state index in [0.717, 1.165) is 5.56 Å². The van der Waals surface area contributed by atoms with Gasteiger partial charge in [0.15, 0.2) is 0 Å². The number of ether oxygens (including phenoxy) is 1. The summed E-state index contributed by atoms with van der Waals surface area (Å²) in [5.74, 6) is 0.0544. The van der Waals surface area contributed by atoms with Gasteiger partial charge in [-0.05, 0) is 33.6 Å². The Morgan fingerprint density at radius 1 is 1.09 bits per heavy atom. The Morgan fingerprint density at radius 2 is 1.70 bits per heavy atom. The molecule has 0 aromatic heterocycles. The van der Waals surface area contributed by atoms with Crippen molar-refractivity contribution >= 4 is 15.9 Å². The van der Waals surface area contributed by atoms with E-state index in [2.05, 4.69) is 20.7 Å². The summed E-state index contributed by atoms with van der Waals surface area (Å²) in [5, 5.41) is 0. The second-order valence-corrected chi connectivity index (χ2v) is 6.17. The van der Waals surface area contributed by atoms with E-state index >= 15 is 0 Å². The first-order chi connectivity index (χ1) is 10.7. The first kappa shape index (κ1) is 18.4. The normalized spacial score (nSPS) is 17.7. The average molecular weight is 403 g/mol. The van der Waals surface area contributed by atoms with E-state index in [4.69, 9.17) is 0 Å². The number of nitrogens with zero attached hydrogens (tertiary/aromatic N) is 2. The van der Waals surface area contributed by atoms with E-state index < -0.39 is 19.3 Å². The topological polar surface area (TPSA) is 15.7 Å². The maximum atomic E-state index is 12.3. The van der Waals surface area contributed by atoms with Crippen molar-refractivity contribution in [1.82, 2.24) is 9.80 Å². The predicted molar refractivity (Wildman–Crippen MR) is 78.5 cm³/mol. The lowest BCUT2D eigenvalue weighted by molar-refractivity contribution is -0.149. The monoisotopic (exact) mass is 402 g/mol. The van der Waals surface area contributed by atoms with E-state index in [1.807, 2.05) is 4.90 Å². The Morgan fingerprint density at radius 3 is 2.22 bits per heavy atom. The van der Waals surface area contributed by atoms with Crippen molar-refractivity contribution in [3.63, 3.8) is 0 Å². The third-order valence-electron chi connectivity index (χ3n) is 3.49. The van der Waals surface area contributed by atoms with Crippen LogP contribution in [-0.2, 0) is 6.54 Å². The van der Waals surface area contributed by atoms with Gasteiger partial charge in [-0.25, -0.2) is 0 Å². The predicted octanol–water partition coefficient (Wildman–Crippen LogP) is 3.73. The molecule has 0 atom stereocenters. The maximum Gasteiger partial charge on any atom is 0.401 e. The Kier molecular flexibility index (Phi) is 6.21. The molecule has 1 fully saturated rings. The molecule has 0 N–H and O–H groups in total. The Hall–Kier alpha value is -0.930. The van der Waals surface area contributed by atoms with Crippen LogP contribution in [0.4, 0.5) is 22.0 Å². The summed E-state index contributed by atoms with van der Waals surface area (Å²) >= 11 is 3.17. The average Bonchev–Trinajstić information content (AvgIpc) is 2.42. The quantitative estimate of drug-likeness (QED) is 0.697. The standard InChI is InChI=1S/C14H16BrF5N2O/c15-11-7-10(1-2-12(11)23-13(16)17)8-21-3-5-22(6-4-21)9-14(18,19)20/h1-2,7,13H,3-6,8-9H2. The Balaban J connectivity index is 1.85. The summed E-state index contributed by atoms with van der Waals surface area (Å²) in [7, 11) is 0. The van der Waals surface area contributed by atoms with Gasteiger partial charge in [-0.1, -0.05) is 6.07 Å². The van der Waals surface area contributed by atoms with Crippen LogP contribution in [0.3, 0.4) is 0 Å². The molecule has 0 radical (unpaired) electrons. The molecule has 1 saturated heterocycles. The lowest BCUT2D eigenvalue weighted by Crippen LogP contribution is -2.48. The SMILES string of the molecule is FC(F)Oc1ccc(CN2CCN(CC(F)(F)F)CC2)cc1Br. The van der Waals surface area contributed by atoms with E-state index in [9.17, 15) is 22.0 Å². The van der Waals surface area contributed by atoms with Crippen LogP contribution in [0.1, 0.15) is 5.56 Å². The van der Waals surface area contributed by atoms with Crippen LogP contribution in [0.25, 0.3) is 0 Å². The molecular formula is C14H16BrF5N2O. The van der Waals surface area contributed by atoms with Crippen LogP contribution < -0.4 is 4.74 Å². The van der Waals surface area contributed by atoms with E-state index in [0.29, 0.717) is 37.2 Å². The zero-order valence-electron chi connectivity index (χ0n) is 12.1. The molecule has 1 aliphatic rings. The van der Waals surface area contributed by atoms with Crippen molar-refractivity contribution in [3.8, 4) is 5.75 Å². The summed E-state index contributed by atoms with van der Waals surface area (Å²) < 4.78 is 66.1. The molecule has 0 amide bonds. The third-order valence-corrected chi connectivity index (χ3v) is 4.11. The molecule has 0 saturated carbocycles. The van der Waals surface area contributed by atoms with Gasteiger partial charge in [-0.15, -0.1) is 0 Å². The molecule has 0 bridgehead atoms. The van der Waals surface area contributed by atoms with Crippen molar-refractivity contribution in [2.24, 2.45) is 0 Å². The van der Waals surface area contributed by atoms with Gasteiger partial charge in [0, 0.05) is 32.7 Å². The number of hydrogen-bond donors (Lipinski definition) is 0.